The lowest BCUT2D eigenvalue weighted by molar-refractivity contribution is -0.161. The third kappa shape index (κ3) is 43.9. The maximum atomic E-state index is 12.6. The van der Waals surface area contributed by atoms with Gasteiger partial charge in [0.2, 0.25) is 0 Å². The molecule has 57 heavy (non-hydrogen) atoms. The second-order valence-corrected chi connectivity index (χ2v) is 17.4. The van der Waals surface area contributed by atoms with Gasteiger partial charge in [0.05, 0.1) is 13.2 Å². The standard InChI is InChI=1S/C47H90NO8P/c1-3-5-7-9-11-13-15-17-19-21-22-24-26-28-30-32-34-36-38-40-47(50)56-45(44-55-57(51,52)54-42-41-48)43-53-46(49)39-37-35-33-31-29-27-25-23-20-18-16-14-12-10-8-6-4-2/h14,16-17,19,45H,3-13,15,18,20-44,48H2,1-2H3,(H,51,52)/b16-14+,19-17+/t45-/m1/s1. The van der Waals surface area contributed by atoms with Crippen molar-refractivity contribution in [1.82, 2.24) is 0 Å². The number of esters is 2. The van der Waals surface area contributed by atoms with Crippen LogP contribution in [0.25, 0.3) is 0 Å². The van der Waals surface area contributed by atoms with Gasteiger partial charge in [0.25, 0.3) is 0 Å². The number of ether oxygens (including phenoxy) is 2. The van der Waals surface area contributed by atoms with E-state index in [0.717, 1.165) is 38.5 Å². The number of nitrogens with two attached hydrogens (primary N) is 1. The first-order valence-electron chi connectivity index (χ1n) is 23.8. The fraction of sp³-hybridized carbons (Fsp3) is 0.872. The number of allylic oxidation sites excluding steroid dienone is 4. The summed E-state index contributed by atoms with van der Waals surface area (Å²) in [6.07, 6.45) is 47.7. The van der Waals surface area contributed by atoms with E-state index in [2.05, 4.69) is 38.2 Å². The zero-order chi connectivity index (χ0) is 41.8. The molecule has 0 aliphatic rings. The highest BCUT2D eigenvalue weighted by atomic mass is 31.2. The van der Waals surface area contributed by atoms with Gasteiger partial charge in [-0.05, 0) is 64.2 Å². The van der Waals surface area contributed by atoms with Crippen molar-refractivity contribution < 1.29 is 37.6 Å². The van der Waals surface area contributed by atoms with Crippen molar-refractivity contribution >= 4 is 19.8 Å². The average Bonchev–Trinajstić information content (AvgIpc) is 3.20. The molecule has 0 radical (unpaired) electrons. The summed E-state index contributed by atoms with van der Waals surface area (Å²) in [4.78, 5) is 35.0. The van der Waals surface area contributed by atoms with Gasteiger partial charge in [0, 0.05) is 19.4 Å². The summed E-state index contributed by atoms with van der Waals surface area (Å²) < 4.78 is 32.9. The summed E-state index contributed by atoms with van der Waals surface area (Å²) >= 11 is 0. The highest BCUT2D eigenvalue weighted by Crippen LogP contribution is 2.43. The first kappa shape index (κ1) is 55.5. The number of phosphoric ester groups is 1. The van der Waals surface area contributed by atoms with Crippen molar-refractivity contribution in [3.63, 3.8) is 0 Å². The Morgan fingerprint density at radius 1 is 0.509 bits per heavy atom. The van der Waals surface area contributed by atoms with Gasteiger partial charge in [0.15, 0.2) is 6.10 Å². The maximum absolute atomic E-state index is 12.6. The van der Waals surface area contributed by atoms with Crippen LogP contribution in [-0.4, -0.2) is 49.3 Å². The minimum atomic E-state index is -4.38. The fourth-order valence-corrected chi connectivity index (χ4v) is 7.51. The van der Waals surface area contributed by atoms with Crippen molar-refractivity contribution in [3.05, 3.63) is 24.3 Å². The summed E-state index contributed by atoms with van der Waals surface area (Å²) in [5.74, 6) is -0.824. The molecule has 0 bridgehead atoms. The molecular formula is C47H90NO8P. The van der Waals surface area contributed by atoms with E-state index in [-0.39, 0.29) is 38.6 Å². The van der Waals surface area contributed by atoms with Crippen LogP contribution in [0.1, 0.15) is 232 Å². The molecule has 0 saturated carbocycles. The van der Waals surface area contributed by atoms with E-state index in [1.807, 2.05) is 0 Å². The Morgan fingerprint density at radius 2 is 0.860 bits per heavy atom. The first-order chi connectivity index (χ1) is 27.8. The Kier molecular flexibility index (Phi) is 42.9. The SMILES string of the molecule is CCCCCC/C=C/CCCCCCCCCCCC(=O)OC[C@H](COP(=O)(O)OCCN)OC(=O)CCCCCCCCCCC/C=C/CCCCCCCC. The van der Waals surface area contributed by atoms with Crippen LogP contribution < -0.4 is 5.73 Å². The van der Waals surface area contributed by atoms with Crippen LogP contribution in [0.15, 0.2) is 24.3 Å². The van der Waals surface area contributed by atoms with E-state index < -0.39 is 26.5 Å². The molecule has 2 atom stereocenters. The van der Waals surface area contributed by atoms with Crippen LogP contribution in [0.3, 0.4) is 0 Å². The largest absolute Gasteiger partial charge is 0.472 e. The number of phosphoric acid groups is 1. The van der Waals surface area contributed by atoms with E-state index in [9.17, 15) is 19.0 Å². The number of hydrogen-bond acceptors (Lipinski definition) is 8. The van der Waals surface area contributed by atoms with Crippen LogP contribution in [-0.2, 0) is 32.7 Å². The number of rotatable bonds is 45. The molecule has 0 aliphatic carbocycles. The molecule has 0 aliphatic heterocycles. The average molecular weight is 828 g/mol. The normalized spacial score (nSPS) is 13.4. The molecule has 0 amide bonds. The lowest BCUT2D eigenvalue weighted by atomic mass is 10.1. The van der Waals surface area contributed by atoms with E-state index >= 15 is 0 Å². The fourth-order valence-electron chi connectivity index (χ4n) is 6.74. The number of carbonyl (C=O) groups is 2. The summed E-state index contributed by atoms with van der Waals surface area (Å²) in [6.45, 7) is 3.74. The van der Waals surface area contributed by atoms with Crippen LogP contribution in [0.5, 0.6) is 0 Å². The topological polar surface area (TPSA) is 134 Å². The Balaban J connectivity index is 4.08. The minimum absolute atomic E-state index is 0.0542. The number of unbranched alkanes of at least 4 members (excludes halogenated alkanes) is 28. The first-order valence-corrected chi connectivity index (χ1v) is 25.3. The maximum Gasteiger partial charge on any atom is 0.472 e. The lowest BCUT2D eigenvalue weighted by Crippen LogP contribution is -2.29. The van der Waals surface area contributed by atoms with Gasteiger partial charge in [-0.25, -0.2) is 4.57 Å². The Labute approximate surface area is 351 Å². The molecule has 0 heterocycles. The van der Waals surface area contributed by atoms with E-state index in [1.54, 1.807) is 0 Å². The molecule has 0 rings (SSSR count). The molecule has 9 nitrogen and oxygen atoms in total. The van der Waals surface area contributed by atoms with Crippen molar-refractivity contribution in [1.29, 1.82) is 0 Å². The van der Waals surface area contributed by atoms with Gasteiger partial charge < -0.3 is 20.1 Å². The van der Waals surface area contributed by atoms with Crippen molar-refractivity contribution in [3.8, 4) is 0 Å². The Hall–Kier alpha value is -1.51. The van der Waals surface area contributed by atoms with Gasteiger partial charge in [0.1, 0.15) is 6.61 Å². The van der Waals surface area contributed by atoms with Gasteiger partial charge in [-0.2, -0.15) is 0 Å². The monoisotopic (exact) mass is 828 g/mol. The van der Waals surface area contributed by atoms with Gasteiger partial charge >= 0.3 is 19.8 Å². The molecular weight excluding hydrogens is 737 g/mol. The summed E-state index contributed by atoms with van der Waals surface area (Å²) in [5, 5.41) is 0. The Morgan fingerprint density at radius 3 is 1.26 bits per heavy atom. The van der Waals surface area contributed by atoms with Crippen LogP contribution >= 0.6 is 7.82 Å². The quantitative estimate of drug-likeness (QED) is 0.0266. The molecule has 0 aromatic heterocycles. The molecule has 0 fully saturated rings. The van der Waals surface area contributed by atoms with Gasteiger partial charge in [-0.15, -0.1) is 0 Å². The molecule has 0 aromatic rings. The highest BCUT2D eigenvalue weighted by molar-refractivity contribution is 7.47. The van der Waals surface area contributed by atoms with E-state index in [1.165, 1.54) is 161 Å². The van der Waals surface area contributed by atoms with Crippen molar-refractivity contribution in [2.45, 2.75) is 238 Å². The van der Waals surface area contributed by atoms with Crippen molar-refractivity contribution in [2.24, 2.45) is 5.73 Å². The predicted octanol–water partition coefficient (Wildman–Crippen LogP) is 13.9. The molecule has 1 unspecified atom stereocenters. The molecule has 0 aromatic carbocycles. The smallest absolute Gasteiger partial charge is 0.462 e. The van der Waals surface area contributed by atoms with E-state index in [4.69, 9.17) is 24.3 Å². The van der Waals surface area contributed by atoms with E-state index in [0.29, 0.717) is 6.42 Å². The molecule has 0 spiro atoms. The summed E-state index contributed by atoms with van der Waals surface area (Å²) in [7, 11) is -4.38. The highest BCUT2D eigenvalue weighted by Gasteiger charge is 2.26. The zero-order valence-corrected chi connectivity index (χ0v) is 38.0. The zero-order valence-electron chi connectivity index (χ0n) is 37.1. The van der Waals surface area contributed by atoms with Crippen LogP contribution in [0.2, 0.25) is 0 Å². The molecule has 10 heteroatoms. The lowest BCUT2D eigenvalue weighted by Gasteiger charge is -2.19. The van der Waals surface area contributed by atoms with Gasteiger partial charge in [-0.1, -0.05) is 179 Å². The third-order valence-electron chi connectivity index (χ3n) is 10.3. The van der Waals surface area contributed by atoms with Gasteiger partial charge in [-0.3, -0.25) is 18.6 Å². The summed E-state index contributed by atoms with van der Waals surface area (Å²) in [5.41, 5.74) is 5.36. The molecule has 336 valence electrons. The third-order valence-corrected chi connectivity index (χ3v) is 11.3. The van der Waals surface area contributed by atoms with Crippen molar-refractivity contribution in [2.75, 3.05) is 26.4 Å². The number of hydrogen-bond donors (Lipinski definition) is 2. The predicted molar refractivity (Wildman–Crippen MR) is 238 cm³/mol. The molecule has 3 N–H and O–H groups in total. The summed E-state index contributed by atoms with van der Waals surface area (Å²) in [6, 6.07) is 0. The van der Waals surface area contributed by atoms with Crippen LogP contribution in [0.4, 0.5) is 0 Å². The Bertz CT molecular complexity index is 990. The number of carbonyl (C=O) groups excluding carboxylic acids is 2. The second kappa shape index (κ2) is 44.1. The minimum Gasteiger partial charge on any atom is -0.462 e. The molecule has 0 saturated heterocycles. The van der Waals surface area contributed by atoms with Crippen LogP contribution in [0, 0.1) is 0 Å². The second-order valence-electron chi connectivity index (χ2n) is 16.0.